The maximum atomic E-state index is 11.3. The van der Waals surface area contributed by atoms with Crippen molar-refractivity contribution in [3.05, 3.63) is 0 Å². The number of amides is 1. The molecular weight excluding hydrogens is 206 g/mol. The van der Waals surface area contributed by atoms with Crippen LogP contribution in [0.25, 0.3) is 0 Å². The summed E-state index contributed by atoms with van der Waals surface area (Å²) >= 11 is 0. The molecule has 1 aliphatic rings. The van der Waals surface area contributed by atoms with Crippen molar-refractivity contribution in [3.63, 3.8) is 0 Å². The maximum absolute atomic E-state index is 11.3. The van der Waals surface area contributed by atoms with E-state index in [1.807, 2.05) is 0 Å². The fourth-order valence-electron chi connectivity index (χ4n) is 1.30. The topological polar surface area (TPSA) is 116 Å². The van der Waals surface area contributed by atoms with Gasteiger partial charge in [0.15, 0.2) is 13.6 Å². The summed E-state index contributed by atoms with van der Waals surface area (Å²) in [6.07, 6.45) is -4.42. The van der Waals surface area contributed by atoms with Gasteiger partial charge >= 0.3 is 5.97 Å². The van der Waals surface area contributed by atoms with Crippen LogP contribution < -0.4 is 5.31 Å². The molecule has 4 atom stereocenters. The SMILES string of the molecule is [2H]N(C(C)=O)[C@H]1C(=O)O[C@H](CO)[C@@H](O)[C@@H]1O. The van der Waals surface area contributed by atoms with Gasteiger partial charge < -0.3 is 25.4 Å². The summed E-state index contributed by atoms with van der Waals surface area (Å²) in [7, 11) is 0. The Balaban J connectivity index is 2.87. The van der Waals surface area contributed by atoms with Crippen LogP contribution in [0.2, 0.25) is 1.41 Å². The maximum Gasteiger partial charge on any atom is 0.331 e. The lowest BCUT2D eigenvalue weighted by molar-refractivity contribution is -0.189. The monoisotopic (exact) mass is 220 g/mol. The fourth-order valence-corrected chi connectivity index (χ4v) is 1.30. The van der Waals surface area contributed by atoms with Gasteiger partial charge in [0.25, 0.3) is 0 Å². The fraction of sp³-hybridized carbons (Fsp3) is 0.750. The lowest BCUT2D eigenvalue weighted by atomic mass is 9.98. The average Bonchev–Trinajstić information content (AvgIpc) is 2.23. The van der Waals surface area contributed by atoms with E-state index in [1.165, 1.54) is 0 Å². The molecule has 1 aliphatic heterocycles. The number of nitrogens with one attached hydrogen (secondary N) is 1. The Kier molecular flexibility index (Phi) is 3.14. The number of rotatable bonds is 2. The Morgan fingerprint density at radius 2 is 2.20 bits per heavy atom. The largest absolute Gasteiger partial charge is 0.455 e. The van der Waals surface area contributed by atoms with Crippen LogP contribution in [0.4, 0.5) is 0 Å². The summed E-state index contributed by atoms with van der Waals surface area (Å²) in [5.41, 5.74) is 0. The molecule has 7 nitrogen and oxygen atoms in total. The minimum Gasteiger partial charge on any atom is -0.455 e. The molecule has 1 fully saturated rings. The molecule has 0 aromatic heterocycles. The van der Waals surface area contributed by atoms with Crippen LogP contribution in [-0.4, -0.2) is 58.2 Å². The lowest BCUT2D eigenvalue weighted by Gasteiger charge is -2.35. The van der Waals surface area contributed by atoms with Gasteiger partial charge in [-0.2, -0.15) is 0 Å². The zero-order valence-corrected chi connectivity index (χ0v) is 8.03. The number of hydrogen-bond acceptors (Lipinski definition) is 6. The van der Waals surface area contributed by atoms with Crippen molar-refractivity contribution in [2.24, 2.45) is 0 Å². The summed E-state index contributed by atoms with van der Waals surface area (Å²) in [6, 6.07) is -1.57. The molecule has 0 saturated carbocycles. The molecule has 0 aliphatic carbocycles. The predicted molar refractivity (Wildman–Crippen MR) is 46.6 cm³/mol. The minimum absolute atomic E-state index is 0.240. The molecular formula is C8H13NO6. The first kappa shape index (κ1) is 10.3. The lowest BCUT2D eigenvalue weighted by Crippen LogP contribution is -2.62. The second-order valence-corrected chi connectivity index (χ2v) is 3.23. The van der Waals surface area contributed by atoms with E-state index in [1.54, 1.807) is 0 Å². The summed E-state index contributed by atoms with van der Waals surface area (Å²) in [5, 5.41) is 28.0. The van der Waals surface area contributed by atoms with Crippen LogP contribution in [0.5, 0.6) is 0 Å². The number of ether oxygens (including phenoxy) is 1. The summed E-state index contributed by atoms with van der Waals surface area (Å²) in [6.45, 7) is 0.395. The van der Waals surface area contributed by atoms with Crippen LogP contribution in [0.15, 0.2) is 0 Å². The highest BCUT2D eigenvalue weighted by molar-refractivity contribution is 5.84. The van der Waals surface area contributed by atoms with Gasteiger partial charge in [-0.3, -0.25) is 4.79 Å². The van der Waals surface area contributed by atoms with Gasteiger partial charge in [0.1, 0.15) is 12.2 Å². The van der Waals surface area contributed by atoms with Crippen molar-refractivity contribution in [1.29, 1.82) is 0 Å². The number of carbonyl (C=O) groups excluding carboxylic acids is 2. The van der Waals surface area contributed by atoms with Gasteiger partial charge in [0.2, 0.25) is 5.91 Å². The highest BCUT2D eigenvalue weighted by Crippen LogP contribution is 2.16. The first-order valence-corrected chi connectivity index (χ1v) is 4.36. The molecule has 0 radical (unpaired) electrons. The third-order valence-electron chi connectivity index (χ3n) is 2.06. The predicted octanol–water partition coefficient (Wildman–Crippen LogP) is -2.87. The van der Waals surface area contributed by atoms with Crippen molar-refractivity contribution in [3.8, 4) is 0 Å². The highest BCUT2D eigenvalue weighted by Gasteiger charge is 2.44. The van der Waals surface area contributed by atoms with Crippen LogP contribution in [0, 0.1) is 0 Å². The Hall–Kier alpha value is -1.18. The normalized spacial score (nSPS) is 36.8. The third kappa shape index (κ3) is 2.44. The summed E-state index contributed by atoms with van der Waals surface area (Å²) in [4.78, 5) is 22.2. The first-order valence-electron chi connectivity index (χ1n) is 4.81. The number of esters is 1. The van der Waals surface area contributed by atoms with Crippen molar-refractivity contribution < 1.29 is 31.1 Å². The molecule has 0 bridgehead atoms. The van der Waals surface area contributed by atoms with Crippen molar-refractivity contribution in [2.75, 3.05) is 6.61 Å². The molecule has 1 rings (SSSR count). The van der Waals surface area contributed by atoms with E-state index in [0.29, 0.717) is 0 Å². The van der Waals surface area contributed by atoms with Crippen LogP contribution in [-0.2, 0) is 14.3 Å². The van der Waals surface area contributed by atoms with E-state index in [4.69, 9.17) is 6.52 Å². The molecule has 0 unspecified atom stereocenters. The first-order chi connectivity index (χ1) is 7.40. The quantitative estimate of drug-likeness (QED) is 0.372. The second kappa shape index (κ2) is 4.56. The molecule has 1 saturated heterocycles. The standard InChI is InChI=1S/C8H13NO6/c1-3(11)9-5-7(13)6(12)4(2-10)15-8(5)14/h4-7,10,12-13H,2H2,1H3,(H,9,11)/t4-,5-,6-,7-/m1/s1/i/hD. The average molecular weight is 220 g/mol. The summed E-state index contributed by atoms with van der Waals surface area (Å²) in [5.74, 6) is -1.79. The molecule has 86 valence electrons. The number of hydrogen-bond donors (Lipinski definition) is 4. The number of aliphatic hydroxyl groups excluding tert-OH is 3. The van der Waals surface area contributed by atoms with Crippen molar-refractivity contribution >= 4 is 11.9 Å². The number of cyclic esters (lactones) is 1. The molecule has 1 amide bonds. The summed E-state index contributed by atoms with van der Waals surface area (Å²) < 4.78 is 11.8. The molecule has 1 heterocycles. The van der Waals surface area contributed by atoms with Gasteiger partial charge in [-0.05, 0) is 0 Å². The molecule has 15 heavy (non-hydrogen) atoms. The zero-order chi connectivity index (χ0) is 12.5. The van der Waals surface area contributed by atoms with E-state index in [2.05, 4.69) is 4.74 Å². The van der Waals surface area contributed by atoms with Crippen LogP contribution >= 0.6 is 0 Å². The molecule has 4 N–H and O–H groups in total. The van der Waals surface area contributed by atoms with E-state index in [-0.39, 0.29) is 5.31 Å². The van der Waals surface area contributed by atoms with E-state index in [0.717, 1.165) is 6.92 Å². The van der Waals surface area contributed by atoms with E-state index >= 15 is 0 Å². The Bertz CT molecular complexity index is 298. The van der Waals surface area contributed by atoms with Crippen LogP contribution in [0.3, 0.4) is 0 Å². The minimum atomic E-state index is -1.65. The van der Waals surface area contributed by atoms with E-state index in [9.17, 15) is 19.8 Å². The van der Waals surface area contributed by atoms with Crippen molar-refractivity contribution in [2.45, 2.75) is 31.3 Å². The molecule has 7 heteroatoms. The second-order valence-electron chi connectivity index (χ2n) is 3.23. The Morgan fingerprint density at radius 1 is 1.60 bits per heavy atom. The molecule has 0 aromatic rings. The van der Waals surface area contributed by atoms with Gasteiger partial charge in [0, 0.05) is 6.92 Å². The Labute approximate surface area is 87.1 Å². The van der Waals surface area contributed by atoms with Gasteiger partial charge in [-0.1, -0.05) is 0 Å². The Morgan fingerprint density at radius 3 is 2.67 bits per heavy atom. The molecule has 0 spiro atoms. The van der Waals surface area contributed by atoms with Crippen molar-refractivity contribution in [1.82, 2.24) is 5.31 Å². The number of aliphatic hydroxyl groups is 3. The molecule has 0 aromatic carbocycles. The van der Waals surface area contributed by atoms with Gasteiger partial charge in [0.05, 0.1) is 6.61 Å². The third-order valence-corrected chi connectivity index (χ3v) is 2.06. The van der Waals surface area contributed by atoms with E-state index < -0.39 is 42.8 Å². The highest BCUT2D eigenvalue weighted by atomic mass is 16.6. The number of carbonyl (C=O) groups is 2. The smallest absolute Gasteiger partial charge is 0.331 e. The van der Waals surface area contributed by atoms with Crippen LogP contribution in [0.1, 0.15) is 6.92 Å². The van der Waals surface area contributed by atoms with Gasteiger partial charge in [-0.15, -0.1) is 0 Å². The zero-order valence-electron chi connectivity index (χ0n) is 9.03. The van der Waals surface area contributed by atoms with Gasteiger partial charge in [-0.25, -0.2) is 4.79 Å².